The van der Waals surface area contributed by atoms with Crippen molar-refractivity contribution in [1.29, 1.82) is 0 Å². The number of rotatable bonds is 4. The molecule has 0 amide bonds. The van der Waals surface area contributed by atoms with Crippen LogP contribution in [-0.2, 0) is 9.53 Å². The fourth-order valence-corrected chi connectivity index (χ4v) is 6.69. The molecule has 146 valence electrons. The molecule has 5 heteroatoms. The largest absolute Gasteiger partial charge is 0.361 e. The first kappa shape index (κ1) is 18.5. The van der Waals surface area contributed by atoms with Crippen molar-refractivity contribution < 1.29 is 23.4 Å². The van der Waals surface area contributed by atoms with Crippen LogP contribution in [0.15, 0.2) is 11.6 Å². The van der Waals surface area contributed by atoms with E-state index >= 15 is 0 Å². The number of alkyl halides is 2. The molecule has 0 aromatic carbocycles. The molecule has 4 aliphatic carbocycles. The number of hydrogen-bond donors (Lipinski definition) is 1. The Bertz CT molecular complexity index is 600. The Morgan fingerprint density at radius 3 is 2.65 bits per heavy atom. The number of ketones is 1. The van der Waals surface area contributed by atoms with Crippen molar-refractivity contribution >= 4 is 5.78 Å². The highest BCUT2D eigenvalue weighted by Gasteiger charge is 2.57. The van der Waals surface area contributed by atoms with E-state index in [2.05, 4.69) is 6.92 Å². The van der Waals surface area contributed by atoms with E-state index < -0.39 is 19.1 Å². The minimum atomic E-state index is -2.29. The smallest absolute Gasteiger partial charge is 0.224 e. The lowest BCUT2D eigenvalue weighted by molar-refractivity contribution is -0.265. The maximum Gasteiger partial charge on any atom is 0.224 e. The van der Waals surface area contributed by atoms with E-state index in [1.165, 1.54) is 5.57 Å². The molecule has 0 aliphatic heterocycles. The summed E-state index contributed by atoms with van der Waals surface area (Å²) in [5, 5.41) is 9.99. The molecule has 0 bridgehead atoms. The van der Waals surface area contributed by atoms with Gasteiger partial charge in [-0.05, 0) is 80.1 Å². The summed E-state index contributed by atoms with van der Waals surface area (Å²) in [5.74, 6) is 0.244. The number of allylic oxidation sites excluding steroid dienone is 1. The van der Waals surface area contributed by atoms with E-state index in [4.69, 9.17) is 4.74 Å². The minimum Gasteiger partial charge on any atom is -0.361 e. The third kappa shape index (κ3) is 2.86. The van der Waals surface area contributed by atoms with Gasteiger partial charge < -0.3 is 9.84 Å². The van der Waals surface area contributed by atoms with Crippen LogP contribution in [0.3, 0.4) is 0 Å². The van der Waals surface area contributed by atoms with Gasteiger partial charge in [-0.1, -0.05) is 12.5 Å². The van der Waals surface area contributed by atoms with E-state index in [1.54, 1.807) is 0 Å². The first-order chi connectivity index (χ1) is 12.4. The third-order valence-electron chi connectivity index (χ3n) is 7.99. The normalized spacial score (nSPS) is 42.7. The van der Waals surface area contributed by atoms with Gasteiger partial charge in [0, 0.05) is 6.42 Å². The maximum absolute atomic E-state index is 13.1. The summed E-state index contributed by atoms with van der Waals surface area (Å²) in [4.78, 5) is 11.8. The fourth-order valence-electron chi connectivity index (χ4n) is 6.69. The molecule has 1 N–H and O–H groups in total. The molecule has 3 nitrogen and oxygen atoms in total. The molecule has 0 aromatic rings. The molecular weight excluding hydrogens is 338 g/mol. The predicted molar refractivity (Wildman–Crippen MR) is 93.9 cm³/mol. The second-order valence-corrected chi connectivity index (χ2v) is 9.25. The average molecular weight is 368 g/mol. The van der Waals surface area contributed by atoms with Gasteiger partial charge in [0.2, 0.25) is 5.79 Å². The molecule has 0 saturated heterocycles. The van der Waals surface area contributed by atoms with Gasteiger partial charge in [-0.25, -0.2) is 8.78 Å². The van der Waals surface area contributed by atoms with Gasteiger partial charge in [-0.15, -0.1) is 0 Å². The summed E-state index contributed by atoms with van der Waals surface area (Å²) in [7, 11) is 0. The highest BCUT2D eigenvalue weighted by Crippen LogP contribution is 2.62. The van der Waals surface area contributed by atoms with Gasteiger partial charge in [-0.3, -0.25) is 4.79 Å². The second-order valence-electron chi connectivity index (χ2n) is 9.25. The van der Waals surface area contributed by atoms with Crippen LogP contribution >= 0.6 is 0 Å². The van der Waals surface area contributed by atoms with Gasteiger partial charge >= 0.3 is 0 Å². The summed E-state index contributed by atoms with van der Waals surface area (Å²) >= 11 is 0. The fraction of sp³-hybridized carbons (Fsp3) is 0.857. The zero-order valence-corrected chi connectivity index (χ0v) is 15.6. The molecular formula is C21H30F2O3. The lowest BCUT2D eigenvalue weighted by Gasteiger charge is -2.54. The summed E-state index contributed by atoms with van der Waals surface area (Å²) < 4.78 is 31.8. The molecule has 4 rings (SSSR count). The van der Waals surface area contributed by atoms with Crippen LogP contribution < -0.4 is 0 Å². The van der Waals surface area contributed by atoms with Gasteiger partial charge in [-0.2, -0.15) is 0 Å². The number of fused-ring (bicyclic) bond motifs is 5. The van der Waals surface area contributed by atoms with Gasteiger partial charge in [0.25, 0.3) is 0 Å². The van der Waals surface area contributed by atoms with Crippen molar-refractivity contribution in [1.82, 2.24) is 0 Å². The lowest BCUT2D eigenvalue weighted by Crippen LogP contribution is -2.51. The van der Waals surface area contributed by atoms with E-state index in [9.17, 15) is 18.7 Å². The van der Waals surface area contributed by atoms with Crippen molar-refractivity contribution in [2.45, 2.75) is 70.2 Å². The lowest BCUT2D eigenvalue weighted by atomic mass is 9.52. The van der Waals surface area contributed by atoms with Gasteiger partial charge in [0.1, 0.15) is 13.3 Å². The molecule has 0 radical (unpaired) electrons. The van der Waals surface area contributed by atoms with Crippen molar-refractivity contribution in [2.75, 3.05) is 13.3 Å². The van der Waals surface area contributed by atoms with E-state index in [1.807, 2.05) is 6.08 Å². The molecule has 3 saturated carbocycles. The average Bonchev–Trinajstić information content (AvgIpc) is 2.97. The second kappa shape index (κ2) is 6.66. The summed E-state index contributed by atoms with van der Waals surface area (Å²) in [5.41, 5.74) is 1.24. The van der Waals surface area contributed by atoms with Crippen LogP contribution in [0.5, 0.6) is 0 Å². The van der Waals surface area contributed by atoms with Crippen LogP contribution in [0.4, 0.5) is 8.78 Å². The third-order valence-corrected chi connectivity index (χ3v) is 7.99. The van der Waals surface area contributed by atoms with E-state index in [0.29, 0.717) is 30.1 Å². The molecule has 4 aliphatic rings. The van der Waals surface area contributed by atoms with Crippen molar-refractivity contribution in [3.8, 4) is 0 Å². The molecule has 0 aromatic heterocycles. The Balaban J connectivity index is 1.53. The predicted octanol–water partition coefficient (Wildman–Crippen LogP) is 4.14. The standard InChI is InChI=1S/C21H30F2O3/c1-20-9-8-16-15-5-3-14(24)10-13(15)2-4-17(16)18(20)6-7-19(20)26-21(25,11-22)12-23/h10,15-19,25H,2-9,11-12H2,1H3. The highest BCUT2D eigenvalue weighted by atomic mass is 19.1. The Kier molecular flexibility index (Phi) is 4.75. The maximum atomic E-state index is 13.1. The Labute approximate surface area is 154 Å². The number of carbonyl (C=O) groups excluding carboxylic acids is 1. The Hall–Kier alpha value is -0.810. The summed E-state index contributed by atoms with van der Waals surface area (Å²) in [6.45, 7) is -0.230. The number of ether oxygens (including phenoxy) is 1. The van der Waals surface area contributed by atoms with Crippen LogP contribution in [-0.4, -0.2) is 36.1 Å². The molecule has 6 unspecified atom stereocenters. The number of halogens is 2. The quantitative estimate of drug-likeness (QED) is 0.759. The number of hydrogen-bond acceptors (Lipinski definition) is 3. The zero-order chi connectivity index (χ0) is 18.5. The van der Waals surface area contributed by atoms with Crippen LogP contribution in [0.1, 0.15) is 58.3 Å². The zero-order valence-electron chi connectivity index (χ0n) is 15.6. The van der Waals surface area contributed by atoms with E-state index in [-0.39, 0.29) is 17.3 Å². The Morgan fingerprint density at radius 2 is 1.92 bits per heavy atom. The highest BCUT2D eigenvalue weighted by molar-refractivity contribution is 5.91. The Morgan fingerprint density at radius 1 is 1.15 bits per heavy atom. The van der Waals surface area contributed by atoms with Gasteiger partial charge in [0.15, 0.2) is 5.78 Å². The number of carbonyl (C=O) groups is 1. The van der Waals surface area contributed by atoms with Crippen molar-refractivity contribution in [2.24, 2.45) is 29.1 Å². The number of aliphatic hydroxyl groups is 1. The first-order valence-electron chi connectivity index (χ1n) is 10.2. The van der Waals surface area contributed by atoms with Crippen LogP contribution in [0.2, 0.25) is 0 Å². The molecule has 0 heterocycles. The minimum absolute atomic E-state index is 0.120. The van der Waals surface area contributed by atoms with Crippen LogP contribution in [0, 0.1) is 29.1 Å². The van der Waals surface area contributed by atoms with Crippen LogP contribution in [0.25, 0.3) is 0 Å². The molecule has 26 heavy (non-hydrogen) atoms. The van der Waals surface area contributed by atoms with Crippen molar-refractivity contribution in [3.63, 3.8) is 0 Å². The molecule has 6 atom stereocenters. The summed E-state index contributed by atoms with van der Waals surface area (Å²) in [6, 6.07) is 0. The van der Waals surface area contributed by atoms with Gasteiger partial charge in [0.05, 0.1) is 6.10 Å². The molecule has 3 fully saturated rings. The van der Waals surface area contributed by atoms with Crippen molar-refractivity contribution in [3.05, 3.63) is 11.6 Å². The topological polar surface area (TPSA) is 46.5 Å². The first-order valence-corrected chi connectivity index (χ1v) is 10.2. The monoisotopic (exact) mass is 368 g/mol. The SMILES string of the molecule is CC12CCC3C4CCC(=O)C=C4CCC3C1CCC2OC(O)(CF)CF. The van der Waals surface area contributed by atoms with E-state index in [0.717, 1.165) is 44.9 Å². The summed E-state index contributed by atoms with van der Waals surface area (Å²) in [6.07, 6.45) is 9.20. The molecule has 0 spiro atoms.